The highest BCUT2D eigenvalue weighted by Crippen LogP contribution is 2.33. The molecule has 6 nitrogen and oxygen atoms in total. The number of aromatic nitrogens is 2. The van der Waals surface area contributed by atoms with E-state index >= 15 is 0 Å². The summed E-state index contributed by atoms with van der Waals surface area (Å²) in [5.41, 5.74) is 0. The fourth-order valence-corrected chi connectivity index (χ4v) is 3.91. The van der Waals surface area contributed by atoms with Crippen molar-refractivity contribution in [2.75, 3.05) is 37.9 Å². The van der Waals surface area contributed by atoms with Crippen LogP contribution in [0.2, 0.25) is 0 Å². The first-order valence-corrected chi connectivity index (χ1v) is 8.86. The van der Waals surface area contributed by atoms with Gasteiger partial charge in [-0.25, -0.2) is 14.4 Å². The number of hydrogen-bond donors (Lipinski definition) is 0. The molecule has 3 aliphatic rings. The van der Waals surface area contributed by atoms with E-state index in [1.54, 1.807) is 0 Å². The quantitative estimate of drug-likeness (QED) is 0.835. The summed E-state index contributed by atoms with van der Waals surface area (Å²) in [6.45, 7) is 3.88. The lowest BCUT2D eigenvalue weighted by molar-refractivity contribution is -0.0868. The fourth-order valence-electron chi connectivity index (χ4n) is 3.91. The predicted molar refractivity (Wildman–Crippen MR) is 85.4 cm³/mol. The molecule has 0 unspecified atom stereocenters. The summed E-state index contributed by atoms with van der Waals surface area (Å²) < 4.78 is 30.8. The zero-order valence-electron chi connectivity index (χ0n) is 13.8. The molecule has 24 heavy (non-hydrogen) atoms. The first-order chi connectivity index (χ1) is 11.8. The van der Waals surface area contributed by atoms with Crippen molar-refractivity contribution in [2.45, 2.75) is 43.9 Å². The number of ether oxygens (including phenoxy) is 3. The minimum atomic E-state index is -0.415. The Balaban J connectivity index is 1.43. The second-order valence-corrected chi connectivity index (χ2v) is 6.83. The van der Waals surface area contributed by atoms with Gasteiger partial charge in [0, 0.05) is 19.8 Å². The first-order valence-electron chi connectivity index (χ1n) is 8.86. The molecule has 0 amide bonds. The number of rotatable bonds is 4. The standard InChI is InChI=1S/C17H24FN3O3/c18-13-8-19-17(20-9-13)21-10-15(16-14(21)2-1-5-23-16)24-11-12-3-6-22-7-4-12/h8-9,12,14-16H,1-7,10-11H2/t14-,15-,16+/m1/s1. The molecule has 0 radical (unpaired) electrons. The number of hydrogen-bond acceptors (Lipinski definition) is 6. The Morgan fingerprint density at radius 3 is 2.75 bits per heavy atom. The van der Waals surface area contributed by atoms with Crippen LogP contribution >= 0.6 is 0 Å². The molecule has 1 aromatic heterocycles. The first kappa shape index (κ1) is 16.2. The van der Waals surface area contributed by atoms with Gasteiger partial charge in [-0.05, 0) is 31.6 Å². The van der Waals surface area contributed by atoms with E-state index in [2.05, 4.69) is 14.9 Å². The van der Waals surface area contributed by atoms with E-state index < -0.39 is 5.82 Å². The minimum absolute atomic E-state index is 0.0202. The summed E-state index contributed by atoms with van der Waals surface area (Å²) in [6, 6.07) is 0.212. The van der Waals surface area contributed by atoms with Crippen LogP contribution in [0.1, 0.15) is 25.7 Å². The Morgan fingerprint density at radius 2 is 1.96 bits per heavy atom. The van der Waals surface area contributed by atoms with Crippen LogP contribution in [0.15, 0.2) is 12.4 Å². The molecule has 0 N–H and O–H groups in total. The maximum Gasteiger partial charge on any atom is 0.225 e. The van der Waals surface area contributed by atoms with Crippen LogP contribution in [0, 0.1) is 11.7 Å². The SMILES string of the molecule is Fc1cnc(N2C[C@@H](OCC3CCOCC3)[C@H]3OCCC[C@H]32)nc1. The topological polar surface area (TPSA) is 56.7 Å². The molecule has 4 rings (SSSR count). The zero-order chi connectivity index (χ0) is 16.4. The molecule has 0 aliphatic carbocycles. The van der Waals surface area contributed by atoms with Crippen LogP contribution in [0.25, 0.3) is 0 Å². The van der Waals surface area contributed by atoms with Crippen LogP contribution in [0.4, 0.5) is 10.3 Å². The largest absolute Gasteiger partial charge is 0.381 e. The van der Waals surface area contributed by atoms with E-state index in [4.69, 9.17) is 14.2 Å². The second-order valence-electron chi connectivity index (χ2n) is 6.83. The van der Waals surface area contributed by atoms with Gasteiger partial charge in [-0.2, -0.15) is 0 Å². The number of fused-ring (bicyclic) bond motifs is 1. The number of halogens is 1. The monoisotopic (exact) mass is 337 g/mol. The highest BCUT2D eigenvalue weighted by Gasteiger charge is 2.46. The Labute approximate surface area is 141 Å². The maximum atomic E-state index is 13.1. The second kappa shape index (κ2) is 7.29. The van der Waals surface area contributed by atoms with Gasteiger partial charge in [0.2, 0.25) is 5.95 Å². The third kappa shape index (κ3) is 3.38. The van der Waals surface area contributed by atoms with Crippen molar-refractivity contribution in [3.8, 4) is 0 Å². The van der Waals surface area contributed by atoms with Gasteiger partial charge in [0.25, 0.3) is 0 Å². The van der Waals surface area contributed by atoms with Gasteiger partial charge in [0.15, 0.2) is 5.82 Å². The molecule has 0 spiro atoms. The number of nitrogens with zero attached hydrogens (tertiary/aromatic N) is 3. The third-order valence-electron chi connectivity index (χ3n) is 5.23. The Bertz CT molecular complexity index is 538. The summed E-state index contributed by atoms with van der Waals surface area (Å²) in [5, 5.41) is 0. The van der Waals surface area contributed by atoms with Gasteiger partial charge in [-0.1, -0.05) is 0 Å². The van der Waals surface area contributed by atoms with Crippen LogP contribution < -0.4 is 4.90 Å². The van der Waals surface area contributed by atoms with Crippen LogP contribution in [-0.2, 0) is 14.2 Å². The van der Waals surface area contributed by atoms with Gasteiger partial charge < -0.3 is 19.1 Å². The van der Waals surface area contributed by atoms with Crippen molar-refractivity contribution < 1.29 is 18.6 Å². The Morgan fingerprint density at radius 1 is 1.17 bits per heavy atom. The van der Waals surface area contributed by atoms with E-state index in [0.717, 1.165) is 52.1 Å². The molecule has 0 bridgehead atoms. The average molecular weight is 337 g/mol. The van der Waals surface area contributed by atoms with Crippen molar-refractivity contribution in [3.63, 3.8) is 0 Å². The highest BCUT2D eigenvalue weighted by molar-refractivity contribution is 5.35. The molecule has 4 heterocycles. The average Bonchev–Trinajstić information content (AvgIpc) is 3.00. The third-order valence-corrected chi connectivity index (χ3v) is 5.23. The van der Waals surface area contributed by atoms with E-state index in [9.17, 15) is 4.39 Å². The Kier molecular flexibility index (Phi) is 4.91. The molecule has 0 aromatic carbocycles. The molecule has 3 aliphatic heterocycles. The van der Waals surface area contributed by atoms with E-state index in [-0.39, 0.29) is 18.2 Å². The molecular weight excluding hydrogens is 313 g/mol. The summed E-state index contributed by atoms with van der Waals surface area (Å²) in [4.78, 5) is 10.4. The molecular formula is C17H24FN3O3. The van der Waals surface area contributed by atoms with Gasteiger partial charge >= 0.3 is 0 Å². The lowest BCUT2D eigenvalue weighted by Gasteiger charge is -2.32. The molecule has 3 fully saturated rings. The summed E-state index contributed by atoms with van der Waals surface area (Å²) in [5.74, 6) is 0.715. The molecule has 1 aromatic rings. The fraction of sp³-hybridized carbons (Fsp3) is 0.765. The summed E-state index contributed by atoms with van der Waals surface area (Å²) >= 11 is 0. The smallest absolute Gasteiger partial charge is 0.225 e. The molecule has 3 saturated heterocycles. The maximum absolute atomic E-state index is 13.1. The summed E-state index contributed by atoms with van der Waals surface area (Å²) in [7, 11) is 0. The molecule has 7 heteroatoms. The van der Waals surface area contributed by atoms with E-state index in [0.29, 0.717) is 18.4 Å². The van der Waals surface area contributed by atoms with Gasteiger partial charge in [0.05, 0.1) is 31.6 Å². The molecule has 3 atom stereocenters. The van der Waals surface area contributed by atoms with Crippen LogP contribution in [-0.4, -0.2) is 61.2 Å². The van der Waals surface area contributed by atoms with Crippen LogP contribution in [0.5, 0.6) is 0 Å². The van der Waals surface area contributed by atoms with Crippen molar-refractivity contribution in [3.05, 3.63) is 18.2 Å². The normalized spacial score (nSPS) is 31.2. The van der Waals surface area contributed by atoms with Crippen molar-refractivity contribution in [1.82, 2.24) is 9.97 Å². The minimum Gasteiger partial charge on any atom is -0.381 e. The predicted octanol–water partition coefficient (Wildman–Crippen LogP) is 1.80. The highest BCUT2D eigenvalue weighted by atomic mass is 19.1. The summed E-state index contributed by atoms with van der Waals surface area (Å²) in [6.07, 6.45) is 6.68. The Hall–Kier alpha value is -1.31. The lowest BCUT2D eigenvalue weighted by Crippen LogP contribution is -2.42. The molecule has 132 valence electrons. The van der Waals surface area contributed by atoms with Crippen molar-refractivity contribution >= 4 is 5.95 Å². The van der Waals surface area contributed by atoms with Gasteiger partial charge in [0.1, 0.15) is 12.2 Å². The van der Waals surface area contributed by atoms with Crippen molar-refractivity contribution in [2.24, 2.45) is 5.92 Å². The zero-order valence-corrected chi connectivity index (χ0v) is 13.8. The van der Waals surface area contributed by atoms with Gasteiger partial charge in [-0.15, -0.1) is 0 Å². The lowest BCUT2D eigenvalue weighted by atomic mass is 10.0. The van der Waals surface area contributed by atoms with Gasteiger partial charge in [-0.3, -0.25) is 0 Å². The number of anilines is 1. The van der Waals surface area contributed by atoms with Crippen molar-refractivity contribution in [1.29, 1.82) is 0 Å². The van der Waals surface area contributed by atoms with E-state index in [1.807, 2.05) is 0 Å². The van der Waals surface area contributed by atoms with E-state index in [1.165, 1.54) is 12.4 Å². The molecule has 0 saturated carbocycles. The van der Waals surface area contributed by atoms with Crippen LogP contribution in [0.3, 0.4) is 0 Å².